The molecule has 1 saturated heterocycles. The van der Waals surface area contributed by atoms with Crippen molar-refractivity contribution in [3.63, 3.8) is 0 Å². The zero-order valence-electron chi connectivity index (χ0n) is 12.7. The summed E-state index contributed by atoms with van der Waals surface area (Å²) >= 11 is 0. The fourth-order valence-corrected chi connectivity index (χ4v) is 3.65. The van der Waals surface area contributed by atoms with E-state index in [4.69, 9.17) is 5.11 Å². The van der Waals surface area contributed by atoms with Crippen LogP contribution < -0.4 is 0 Å². The van der Waals surface area contributed by atoms with Gasteiger partial charge in [-0.05, 0) is 12.8 Å². The smallest absolute Gasteiger partial charge is 0.304 e. The van der Waals surface area contributed by atoms with Crippen LogP contribution in [0, 0.1) is 5.92 Å². The summed E-state index contributed by atoms with van der Waals surface area (Å²) in [7, 11) is 1.09. The molecule has 0 saturated carbocycles. The Balaban J connectivity index is 2.59. The maximum atomic E-state index is 12.3. The summed E-state index contributed by atoms with van der Waals surface area (Å²) in [5, 5.41) is 8.61. The molecule has 1 aliphatic rings. The molecule has 21 heavy (non-hydrogen) atoms. The molecule has 1 aliphatic heterocycles. The second-order valence-corrected chi connectivity index (χ2v) is 7.41. The van der Waals surface area contributed by atoms with E-state index in [0.29, 0.717) is 12.8 Å². The number of rotatable bonds is 6. The van der Waals surface area contributed by atoms with Gasteiger partial charge in [0.2, 0.25) is 5.91 Å². The summed E-state index contributed by atoms with van der Waals surface area (Å²) in [5.74, 6) is -1.16. The SMILES string of the molecule is CN(C)C(=O)C1CCN(S(=O)(=O)N(C)CCC(=O)O)CC1. The van der Waals surface area contributed by atoms with Gasteiger partial charge in [-0.2, -0.15) is 17.0 Å². The summed E-state index contributed by atoms with van der Waals surface area (Å²) in [6.07, 6.45) is 0.747. The molecular formula is C12H23N3O5S. The van der Waals surface area contributed by atoms with E-state index in [2.05, 4.69) is 0 Å². The van der Waals surface area contributed by atoms with E-state index in [1.165, 1.54) is 16.3 Å². The molecule has 0 spiro atoms. The van der Waals surface area contributed by atoms with Gasteiger partial charge in [-0.3, -0.25) is 9.59 Å². The molecule has 0 radical (unpaired) electrons. The number of amides is 1. The number of hydrogen-bond acceptors (Lipinski definition) is 4. The molecule has 0 aromatic carbocycles. The van der Waals surface area contributed by atoms with Crippen LogP contribution >= 0.6 is 0 Å². The summed E-state index contributed by atoms with van der Waals surface area (Å²) in [6.45, 7) is 0.502. The van der Waals surface area contributed by atoms with Crippen LogP contribution in [0.2, 0.25) is 0 Å². The lowest BCUT2D eigenvalue weighted by Crippen LogP contribution is -2.48. The summed E-state index contributed by atoms with van der Waals surface area (Å²) in [6, 6.07) is 0. The summed E-state index contributed by atoms with van der Waals surface area (Å²) in [5.41, 5.74) is 0. The van der Waals surface area contributed by atoms with E-state index in [9.17, 15) is 18.0 Å². The Bertz CT molecular complexity index is 483. The molecule has 122 valence electrons. The lowest BCUT2D eigenvalue weighted by atomic mass is 9.97. The first-order valence-corrected chi connectivity index (χ1v) is 8.20. The number of carboxylic acids is 1. The van der Waals surface area contributed by atoms with Gasteiger partial charge in [0.25, 0.3) is 10.2 Å². The predicted molar refractivity (Wildman–Crippen MR) is 76.8 cm³/mol. The third kappa shape index (κ3) is 4.65. The van der Waals surface area contributed by atoms with Crippen LogP contribution in [0.4, 0.5) is 0 Å². The van der Waals surface area contributed by atoms with Crippen LogP contribution in [-0.2, 0) is 19.8 Å². The van der Waals surface area contributed by atoms with E-state index >= 15 is 0 Å². The van der Waals surface area contributed by atoms with Gasteiger partial charge in [0.15, 0.2) is 0 Å². The van der Waals surface area contributed by atoms with E-state index in [1.807, 2.05) is 0 Å². The highest BCUT2D eigenvalue weighted by Crippen LogP contribution is 2.22. The average molecular weight is 321 g/mol. The highest BCUT2D eigenvalue weighted by molar-refractivity contribution is 7.86. The van der Waals surface area contributed by atoms with Gasteiger partial charge in [-0.1, -0.05) is 0 Å². The first kappa shape index (κ1) is 17.9. The van der Waals surface area contributed by atoms with Crippen LogP contribution in [0.25, 0.3) is 0 Å². The number of carboxylic acid groups (broad SMARTS) is 1. The molecule has 0 bridgehead atoms. The quantitative estimate of drug-likeness (QED) is 0.707. The lowest BCUT2D eigenvalue weighted by Gasteiger charge is -2.33. The molecule has 0 aromatic heterocycles. The summed E-state index contributed by atoms with van der Waals surface area (Å²) < 4.78 is 26.9. The van der Waals surface area contributed by atoms with Crippen LogP contribution in [0.1, 0.15) is 19.3 Å². The van der Waals surface area contributed by atoms with Crippen molar-refractivity contribution in [1.29, 1.82) is 0 Å². The second-order valence-electron chi connectivity index (χ2n) is 5.38. The van der Waals surface area contributed by atoms with E-state index in [-0.39, 0.29) is 37.9 Å². The molecule has 1 heterocycles. The molecule has 0 atom stereocenters. The van der Waals surface area contributed by atoms with E-state index < -0.39 is 16.2 Å². The topological polar surface area (TPSA) is 98.2 Å². The minimum Gasteiger partial charge on any atom is -0.481 e. The fraction of sp³-hybridized carbons (Fsp3) is 0.833. The van der Waals surface area contributed by atoms with Gasteiger partial charge in [0, 0.05) is 46.7 Å². The van der Waals surface area contributed by atoms with Crippen LogP contribution in [0.3, 0.4) is 0 Å². The Hall–Kier alpha value is -1.19. The number of hydrogen-bond donors (Lipinski definition) is 1. The molecule has 9 heteroatoms. The Morgan fingerprint density at radius 2 is 1.71 bits per heavy atom. The van der Waals surface area contributed by atoms with Crippen LogP contribution in [0.15, 0.2) is 0 Å². The third-order valence-corrected chi connectivity index (χ3v) is 5.59. The van der Waals surface area contributed by atoms with Gasteiger partial charge < -0.3 is 10.0 Å². The zero-order valence-corrected chi connectivity index (χ0v) is 13.5. The van der Waals surface area contributed by atoms with Crippen molar-refractivity contribution in [1.82, 2.24) is 13.5 Å². The van der Waals surface area contributed by atoms with Crippen molar-refractivity contribution in [3.8, 4) is 0 Å². The first-order chi connectivity index (χ1) is 9.66. The highest BCUT2D eigenvalue weighted by Gasteiger charge is 2.33. The number of carbonyl (C=O) groups excluding carboxylic acids is 1. The minimum absolute atomic E-state index is 0.0197. The Morgan fingerprint density at radius 3 is 2.14 bits per heavy atom. The van der Waals surface area contributed by atoms with Crippen molar-refractivity contribution in [3.05, 3.63) is 0 Å². The van der Waals surface area contributed by atoms with Gasteiger partial charge in [0.1, 0.15) is 0 Å². The molecule has 8 nitrogen and oxygen atoms in total. The molecule has 0 aromatic rings. The molecule has 0 unspecified atom stereocenters. The molecule has 0 aliphatic carbocycles. The van der Waals surface area contributed by atoms with E-state index in [0.717, 1.165) is 4.31 Å². The van der Waals surface area contributed by atoms with E-state index in [1.54, 1.807) is 14.1 Å². The largest absolute Gasteiger partial charge is 0.481 e. The van der Waals surface area contributed by atoms with Crippen molar-refractivity contribution in [2.75, 3.05) is 40.8 Å². The minimum atomic E-state index is -3.65. The maximum Gasteiger partial charge on any atom is 0.304 e. The lowest BCUT2D eigenvalue weighted by molar-refractivity contribution is -0.137. The van der Waals surface area contributed by atoms with Gasteiger partial charge in [0.05, 0.1) is 6.42 Å². The summed E-state index contributed by atoms with van der Waals surface area (Å²) in [4.78, 5) is 23.9. The molecular weight excluding hydrogens is 298 g/mol. The fourth-order valence-electron chi connectivity index (χ4n) is 2.26. The number of aliphatic carboxylic acids is 1. The Labute approximate surface area is 125 Å². The maximum absolute atomic E-state index is 12.3. The Morgan fingerprint density at radius 1 is 1.19 bits per heavy atom. The van der Waals surface area contributed by atoms with Crippen molar-refractivity contribution in [2.45, 2.75) is 19.3 Å². The standard InChI is InChI=1S/C12H23N3O5S/c1-13(2)12(18)10-4-8-15(9-5-10)21(19,20)14(3)7-6-11(16)17/h10H,4-9H2,1-3H3,(H,16,17). The van der Waals surface area contributed by atoms with Crippen LogP contribution in [-0.4, -0.2) is 79.7 Å². The predicted octanol–water partition coefficient (Wildman–Crippen LogP) is -0.562. The molecule has 1 fully saturated rings. The monoisotopic (exact) mass is 321 g/mol. The molecule has 1 amide bonds. The number of nitrogens with zero attached hydrogens (tertiary/aromatic N) is 3. The van der Waals surface area contributed by atoms with Crippen molar-refractivity contribution < 1.29 is 23.1 Å². The molecule has 1 rings (SSSR count). The average Bonchev–Trinajstić information content (AvgIpc) is 2.43. The molecule has 1 N–H and O–H groups in total. The number of piperidine rings is 1. The van der Waals surface area contributed by atoms with Crippen molar-refractivity contribution >= 4 is 22.1 Å². The Kier molecular flexibility index (Phi) is 6.11. The second kappa shape index (κ2) is 7.19. The normalized spacial score (nSPS) is 17.9. The first-order valence-electron chi connectivity index (χ1n) is 6.80. The zero-order chi connectivity index (χ0) is 16.2. The van der Waals surface area contributed by atoms with Gasteiger partial charge in [-0.25, -0.2) is 0 Å². The van der Waals surface area contributed by atoms with Gasteiger partial charge in [-0.15, -0.1) is 0 Å². The van der Waals surface area contributed by atoms with Crippen LogP contribution in [0.5, 0.6) is 0 Å². The van der Waals surface area contributed by atoms with Crippen molar-refractivity contribution in [2.24, 2.45) is 5.92 Å². The van der Waals surface area contributed by atoms with Gasteiger partial charge >= 0.3 is 5.97 Å². The third-order valence-electron chi connectivity index (χ3n) is 3.60. The highest BCUT2D eigenvalue weighted by atomic mass is 32.2. The number of carbonyl (C=O) groups is 2.